The summed E-state index contributed by atoms with van der Waals surface area (Å²) in [5.41, 5.74) is 0.511. The van der Waals surface area contributed by atoms with Crippen molar-refractivity contribution in [3.8, 4) is 0 Å². The molecule has 2 bridgehead atoms. The molecule has 2 aromatic rings. The van der Waals surface area contributed by atoms with Crippen LogP contribution in [0.4, 0.5) is 0 Å². The fraction of sp³-hybridized carbons (Fsp3) is 0.472. The van der Waals surface area contributed by atoms with Crippen molar-refractivity contribution in [1.29, 1.82) is 0 Å². The number of fused-ring (bicyclic) bond motifs is 4. The highest BCUT2D eigenvalue weighted by Crippen LogP contribution is 2.55. The minimum absolute atomic E-state index is 0.0260. The monoisotopic (exact) mass is 705 g/mol. The third kappa shape index (κ3) is 6.51. The lowest BCUT2D eigenvalue weighted by molar-refractivity contribution is -0.201. The zero-order valence-electron chi connectivity index (χ0n) is 28.1. The molecule has 1 aliphatic carbocycles. The van der Waals surface area contributed by atoms with E-state index in [2.05, 4.69) is 10.6 Å². The molecular formula is C36H39N3O12. The maximum absolute atomic E-state index is 14.3. The average molecular weight is 706 g/mol. The summed E-state index contributed by atoms with van der Waals surface area (Å²) in [5.74, 6) is -2.61. The molecule has 51 heavy (non-hydrogen) atoms. The summed E-state index contributed by atoms with van der Waals surface area (Å²) in [6.07, 6.45) is -0.793. The molecule has 2 amide bonds. The molecule has 7 rings (SSSR count). The fourth-order valence-corrected chi connectivity index (χ4v) is 7.44. The number of cyclic esters (lactones) is 1. The number of nitrogens with one attached hydrogen (secondary N) is 2. The highest BCUT2D eigenvalue weighted by atomic mass is 16.8. The normalized spacial score (nSPS) is 30.4. The number of hydrogen-bond acceptors (Lipinski definition) is 13. The molecule has 270 valence electrons. The molecule has 4 heterocycles. The first-order valence-electron chi connectivity index (χ1n) is 16.8. The maximum Gasteiger partial charge on any atom is 0.348 e. The molecule has 7 unspecified atom stereocenters. The zero-order chi connectivity index (χ0) is 35.9. The summed E-state index contributed by atoms with van der Waals surface area (Å²) >= 11 is 0. The second kappa shape index (κ2) is 13.8. The van der Waals surface area contributed by atoms with Gasteiger partial charge in [-0.15, -0.1) is 0 Å². The van der Waals surface area contributed by atoms with Gasteiger partial charge in [0.15, 0.2) is 6.04 Å². The first-order chi connectivity index (χ1) is 24.5. The van der Waals surface area contributed by atoms with Gasteiger partial charge in [-0.25, -0.2) is 9.59 Å². The zero-order valence-corrected chi connectivity index (χ0v) is 28.1. The predicted octanol–water partition coefficient (Wildman–Crippen LogP) is 0.775. The van der Waals surface area contributed by atoms with Gasteiger partial charge in [-0.3, -0.25) is 19.2 Å². The topological polar surface area (TPSA) is 188 Å². The van der Waals surface area contributed by atoms with Gasteiger partial charge >= 0.3 is 17.9 Å². The van der Waals surface area contributed by atoms with E-state index in [1.54, 1.807) is 68.5 Å². The van der Waals surface area contributed by atoms with Crippen molar-refractivity contribution >= 4 is 35.8 Å². The van der Waals surface area contributed by atoms with Crippen LogP contribution in [0.2, 0.25) is 0 Å². The van der Waals surface area contributed by atoms with Crippen LogP contribution in [0, 0.1) is 10.8 Å². The molecule has 0 aromatic heterocycles. The predicted molar refractivity (Wildman–Crippen MR) is 174 cm³/mol. The van der Waals surface area contributed by atoms with Gasteiger partial charge in [-0.05, 0) is 34.9 Å². The van der Waals surface area contributed by atoms with E-state index in [9.17, 15) is 24.0 Å². The van der Waals surface area contributed by atoms with Crippen molar-refractivity contribution in [2.75, 3.05) is 26.6 Å². The summed E-state index contributed by atoms with van der Waals surface area (Å²) < 4.78 is 27.9. The van der Waals surface area contributed by atoms with Gasteiger partial charge in [0, 0.05) is 36.6 Å². The number of benzene rings is 2. The van der Waals surface area contributed by atoms with E-state index < -0.39 is 71.2 Å². The van der Waals surface area contributed by atoms with Crippen LogP contribution in [0.5, 0.6) is 0 Å². The molecule has 0 spiro atoms. The molecule has 4 saturated heterocycles. The van der Waals surface area contributed by atoms with Crippen LogP contribution in [0.3, 0.4) is 0 Å². The van der Waals surface area contributed by atoms with E-state index in [4.69, 9.17) is 33.6 Å². The number of nitrogens with zero attached hydrogens (tertiary/aromatic N) is 1. The van der Waals surface area contributed by atoms with Crippen molar-refractivity contribution < 1.29 is 57.6 Å². The lowest BCUT2D eigenvalue weighted by Gasteiger charge is -2.48. The Balaban J connectivity index is 1.06. The number of aliphatic hydroxyl groups is 1. The summed E-state index contributed by atoms with van der Waals surface area (Å²) in [5, 5.41) is 16.1. The van der Waals surface area contributed by atoms with Crippen molar-refractivity contribution in [2.45, 2.75) is 69.9 Å². The number of carbonyl (C=O) groups excluding carboxylic acids is 5. The SMILES string of the molecule is CC1(C)COC(=O)C1OC(=O)C=Cc1ccc(CN2OC3C4OCOC4C4CC3(C(=O)NCc3cccc(C(=O)NCCO)c3)C2C(=O)O4)cc1. The Morgan fingerprint density at radius 1 is 1.02 bits per heavy atom. The number of hydrogen-bond donors (Lipinski definition) is 3. The van der Waals surface area contributed by atoms with Gasteiger partial charge in [0.1, 0.15) is 43.2 Å². The highest BCUT2D eigenvalue weighted by molar-refractivity contribution is 5.95. The van der Waals surface area contributed by atoms with Crippen LogP contribution in [0.25, 0.3) is 6.08 Å². The summed E-state index contributed by atoms with van der Waals surface area (Å²) in [6.45, 7) is 3.86. The molecule has 15 heteroatoms. The minimum atomic E-state index is -1.35. The Hall–Kier alpha value is -4.67. The van der Waals surface area contributed by atoms with Gasteiger partial charge < -0.3 is 39.4 Å². The van der Waals surface area contributed by atoms with Crippen molar-refractivity contribution in [3.05, 3.63) is 76.9 Å². The molecular weight excluding hydrogens is 666 g/mol. The quantitative estimate of drug-likeness (QED) is 0.169. The number of hydroxylamine groups is 2. The summed E-state index contributed by atoms with van der Waals surface area (Å²) in [7, 11) is 0. The summed E-state index contributed by atoms with van der Waals surface area (Å²) in [4.78, 5) is 71.2. The lowest BCUT2D eigenvalue weighted by atomic mass is 9.62. The second-order valence-electron chi connectivity index (χ2n) is 14.0. The van der Waals surface area contributed by atoms with Crippen molar-refractivity contribution in [1.82, 2.24) is 15.7 Å². The maximum atomic E-state index is 14.3. The van der Waals surface area contributed by atoms with Crippen LogP contribution in [0.15, 0.2) is 54.6 Å². The summed E-state index contributed by atoms with van der Waals surface area (Å²) in [6, 6.07) is 12.8. The minimum Gasteiger partial charge on any atom is -0.462 e. The van der Waals surface area contributed by atoms with Gasteiger partial charge in [-0.2, -0.15) is 5.06 Å². The molecule has 15 nitrogen and oxygen atoms in total. The van der Waals surface area contributed by atoms with Crippen LogP contribution in [0.1, 0.15) is 47.3 Å². The molecule has 4 aliphatic heterocycles. The van der Waals surface area contributed by atoms with Gasteiger partial charge in [0.25, 0.3) is 5.91 Å². The van der Waals surface area contributed by atoms with E-state index in [0.717, 1.165) is 5.56 Å². The van der Waals surface area contributed by atoms with E-state index >= 15 is 0 Å². The van der Waals surface area contributed by atoms with Crippen molar-refractivity contribution in [2.24, 2.45) is 10.8 Å². The number of rotatable bonds is 11. The molecule has 0 radical (unpaired) electrons. The highest BCUT2D eigenvalue weighted by Gasteiger charge is 2.74. The first kappa shape index (κ1) is 34.8. The third-order valence-corrected chi connectivity index (χ3v) is 10.0. The standard InChI is InChI=1S/C36H39N3O12/c1-35(2)18-46-33(44)30(35)50-25(41)11-10-20-6-8-21(9-7-20)17-39-28-32(43)49-24-15-36(28,29(51-39)27-26(24)47-19-48-27)34(45)38-16-22-4-3-5-23(14-22)31(42)37-12-13-40/h3-11,14,24,26-30,40H,12-13,15-19H2,1-2H3,(H,37,42)(H,38,45). The van der Waals surface area contributed by atoms with E-state index in [0.29, 0.717) is 16.7 Å². The Bertz CT molecular complexity index is 1740. The van der Waals surface area contributed by atoms with Crippen molar-refractivity contribution in [3.63, 3.8) is 0 Å². The Labute approximate surface area is 293 Å². The molecule has 7 atom stereocenters. The first-order valence-corrected chi connectivity index (χ1v) is 16.8. The van der Waals surface area contributed by atoms with Crippen LogP contribution < -0.4 is 10.6 Å². The van der Waals surface area contributed by atoms with E-state index in [1.807, 2.05) is 0 Å². The second-order valence-corrected chi connectivity index (χ2v) is 14.0. The molecule has 2 aromatic carbocycles. The van der Waals surface area contributed by atoms with Crippen LogP contribution in [-0.4, -0.2) is 103 Å². The fourth-order valence-electron chi connectivity index (χ4n) is 7.44. The molecule has 5 fully saturated rings. The average Bonchev–Trinajstić information content (AvgIpc) is 3.82. The van der Waals surface area contributed by atoms with Gasteiger partial charge in [0.2, 0.25) is 12.0 Å². The smallest absolute Gasteiger partial charge is 0.348 e. The van der Waals surface area contributed by atoms with Gasteiger partial charge in [0.05, 0.1) is 13.2 Å². The van der Waals surface area contributed by atoms with E-state index in [1.165, 1.54) is 11.1 Å². The molecule has 3 N–H and O–H groups in total. The van der Waals surface area contributed by atoms with Gasteiger partial charge in [-0.1, -0.05) is 50.2 Å². The largest absolute Gasteiger partial charge is 0.462 e. The Morgan fingerprint density at radius 3 is 2.55 bits per heavy atom. The van der Waals surface area contributed by atoms with Crippen LogP contribution >= 0.6 is 0 Å². The number of aliphatic hydroxyl groups excluding tert-OH is 1. The number of esters is 3. The number of amides is 2. The molecule has 5 aliphatic rings. The number of carbonyl (C=O) groups is 5. The molecule has 1 saturated carbocycles. The van der Waals surface area contributed by atoms with Crippen LogP contribution in [-0.2, 0) is 60.8 Å². The van der Waals surface area contributed by atoms with E-state index in [-0.39, 0.29) is 52.0 Å². The third-order valence-electron chi connectivity index (χ3n) is 10.0. The number of ether oxygens (including phenoxy) is 5. The lowest BCUT2D eigenvalue weighted by Crippen LogP contribution is -2.69. The Morgan fingerprint density at radius 2 is 1.80 bits per heavy atom. The Kier molecular flexibility index (Phi) is 9.41.